The minimum Gasteiger partial charge on any atom is -0.300 e. The van der Waals surface area contributed by atoms with Crippen LogP contribution in [0.5, 0.6) is 0 Å². The molecule has 2 atom stereocenters. The predicted octanol–water partition coefficient (Wildman–Crippen LogP) is 1.51. The fraction of sp³-hybridized carbons (Fsp3) is 0.917. The Balaban J connectivity index is 4.23. The van der Waals surface area contributed by atoms with E-state index >= 15 is 0 Å². The number of carbonyl (C=O) groups excluding carboxylic acids is 1. The third-order valence-electron chi connectivity index (χ3n) is 3.11. The number of nitrogens with one attached hydrogen (secondary N) is 1. The van der Waals surface area contributed by atoms with Crippen LogP contribution in [0.3, 0.4) is 0 Å². The molecule has 0 spiro atoms. The molecule has 2 unspecified atom stereocenters. The first kappa shape index (κ1) is 15.4. The molecule has 0 saturated heterocycles. The highest BCUT2D eigenvalue weighted by Crippen LogP contribution is 2.09. The van der Waals surface area contributed by atoms with E-state index in [0.717, 1.165) is 19.5 Å². The molecule has 0 fully saturated rings. The molecule has 0 aromatic carbocycles. The van der Waals surface area contributed by atoms with Crippen molar-refractivity contribution in [1.82, 2.24) is 10.3 Å². The predicted molar refractivity (Wildman–Crippen MR) is 67.7 cm³/mol. The summed E-state index contributed by atoms with van der Waals surface area (Å²) in [6.45, 7) is 10.3. The Morgan fingerprint density at radius 3 is 2.44 bits per heavy atom. The highest BCUT2D eigenvalue weighted by atomic mass is 16.2. The van der Waals surface area contributed by atoms with E-state index in [-0.39, 0.29) is 11.8 Å². The zero-order chi connectivity index (χ0) is 12.6. The van der Waals surface area contributed by atoms with Gasteiger partial charge in [-0.15, -0.1) is 0 Å². The summed E-state index contributed by atoms with van der Waals surface area (Å²) in [5, 5.41) is 0. The van der Waals surface area contributed by atoms with Crippen LogP contribution in [0.4, 0.5) is 0 Å². The Labute approximate surface area is 99.5 Å². The fourth-order valence-electron chi connectivity index (χ4n) is 1.69. The molecular weight excluding hydrogens is 202 g/mol. The van der Waals surface area contributed by atoms with Crippen LogP contribution < -0.4 is 11.3 Å². The lowest BCUT2D eigenvalue weighted by Gasteiger charge is -2.30. The minimum atomic E-state index is -0.0789. The summed E-state index contributed by atoms with van der Waals surface area (Å²) in [5.41, 5.74) is 2.22. The van der Waals surface area contributed by atoms with Crippen LogP contribution in [0.1, 0.15) is 47.0 Å². The van der Waals surface area contributed by atoms with Crippen LogP contribution in [0.2, 0.25) is 0 Å². The van der Waals surface area contributed by atoms with E-state index in [9.17, 15) is 4.79 Å². The quantitative estimate of drug-likeness (QED) is 0.377. The molecule has 0 aliphatic carbocycles. The van der Waals surface area contributed by atoms with Crippen LogP contribution in [-0.4, -0.2) is 29.9 Å². The average Bonchev–Trinajstić information content (AvgIpc) is 2.31. The van der Waals surface area contributed by atoms with Crippen LogP contribution in [0.15, 0.2) is 0 Å². The van der Waals surface area contributed by atoms with E-state index in [1.807, 2.05) is 6.92 Å². The molecular formula is C12H27N3O. The van der Waals surface area contributed by atoms with Gasteiger partial charge < -0.3 is 0 Å². The monoisotopic (exact) mass is 229 g/mol. The van der Waals surface area contributed by atoms with E-state index in [1.165, 1.54) is 12.8 Å². The van der Waals surface area contributed by atoms with Gasteiger partial charge in [0.1, 0.15) is 0 Å². The number of hydrogen-bond acceptors (Lipinski definition) is 3. The summed E-state index contributed by atoms with van der Waals surface area (Å²) < 4.78 is 0. The van der Waals surface area contributed by atoms with Crippen LogP contribution >= 0.6 is 0 Å². The van der Waals surface area contributed by atoms with Crippen molar-refractivity contribution in [2.75, 3.05) is 13.1 Å². The Kier molecular flexibility index (Phi) is 8.21. The van der Waals surface area contributed by atoms with Crippen molar-refractivity contribution in [3.8, 4) is 0 Å². The zero-order valence-electron chi connectivity index (χ0n) is 11.1. The normalized spacial score (nSPS) is 14.9. The fourth-order valence-corrected chi connectivity index (χ4v) is 1.69. The van der Waals surface area contributed by atoms with E-state index in [4.69, 9.17) is 5.84 Å². The molecule has 0 bridgehead atoms. The van der Waals surface area contributed by atoms with Gasteiger partial charge in [-0.05, 0) is 26.3 Å². The van der Waals surface area contributed by atoms with Crippen molar-refractivity contribution in [2.45, 2.75) is 53.0 Å². The van der Waals surface area contributed by atoms with Crippen molar-refractivity contribution in [3.05, 3.63) is 0 Å². The summed E-state index contributed by atoms with van der Waals surface area (Å²) in [6.07, 6.45) is 3.48. The number of unbranched alkanes of at least 4 members (excludes halogenated alkanes) is 1. The number of hydrogen-bond donors (Lipinski definition) is 2. The summed E-state index contributed by atoms with van der Waals surface area (Å²) in [4.78, 5) is 13.7. The van der Waals surface area contributed by atoms with Crippen molar-refractivity contribution in [1.29, 1.82) is 0 Å². The largest absolute Gasteiger partial charge is 0.300 e. The highest BCUT2D eigenvalue weighted by molar-refractivity contribution is 5.77. The van der Waals surface area contributed by atoms with Crippen LogP contribution in [0.25, 0.3) is 0 Å². The maximum absolute atomic E-state index is 11.4. The first-order chi connectivity index (χ1) is 7.56. The van der Waals surface area contributed by atoms with Gasteiger partial charge in [0.15, 0.2) is 0 Å². The molecule has 0 heterocycles. The maximum Gasteiger partial charge on any atom is 0.237 e. The van der Waals surface area contributed by atoms with Gasteiger partial charge in [0, 0.05) is 18.5 Å². The zero-order valence-corrected chi connectivity index (χ0v) is 11.1. The molecule has 16 heavy (non-hydrogen) atoms. The van der Waals surface area contributed by atoms with Crippen molar-refractivity contribution >= 4 is 5.91 Å². The minimum absolute atomic E-state index is 0.0455. The third-order valence-corrected chi connectivity index (χ3v) is 3.11. The van der Waals surface area contributed by atoms with E-state index in [1.54, 1.807) is 0 Å². The van der Waals surface area contributed by atoms with Gasteiger partial charge in [0.2, 0.25) is 5.91 Å². The lowest BCUT2D eigenvalue weighted by molar-refractivity contribution is -0.125. The lowest BCUT2D eigenvalue weighted by atomic mass is 10.1. The standard InChI is InChI=1S/C12H27N3O/c1-5-7-8-15(11(4)6-2)9-10(3)12(16)14-13/h10-11H,5-9,13H2,1-4H3,(H,14,16). The SMILES string of the molecule is CCCCN(CC(C)C(=O)NN)C(C)CC. The van der Waals surface area contributed by atoms with E-state index in [0.29, 0.717) is 6.04 Å². The second-order valence-corrected chi connectivity index (χ2v) is 4.52. The van der Waals surface area contributed by atoms with Crippen LogP contribution in [-0.2, 0) is 4.79 Å². The molecule has 0 aromatic rings. The molecule has 96 valence electrons. The lowest BCUT2D eigenvalue weighted by Crippen LogP contribution is -2.43. The number of nitrogens with two attached hydrogens (primary N) is 1. The van der Waals surface area contributed by atoms with Crippen molar-refractivity contribution in [3.63, 3.8) is 0 Å². The van der Waals surface area contributed by atoms with Gasteiger partial charge in [-0.2, -0.15) is 0 Å². The number of amides is 1. The van der Waals surface area contributed by atoms with Gasteiger partial charge in [0.25, 0.3) is 0 Å². The molecule has 0 aromatic heterocycles. The molecule has 3 N–H and O–H groups in total. The van der Waals surface area contributed by atoms with Crippen LogP contribution in [0, 0.1) is 5.92 Å². The maximum atomic E-state index is 11.4. The summed E-state index contributed by atoms with van der Waals surface area (Å²) in [5.74, 6) is 5.01. The van der Waals surface area contributed by atoms with Gasteiger partial charge in [-0.25, -0.2) is 5.84 Å². The molecule has 0 aliphatic heterocycles. The number of carbonyl (C=O) groups is 1. The number of hydrazine groups is 1. The molecule has 1 amide bonds. The van der Waals surface area contributed by atoms with Gasteiger partial charge in [0.05, 0.1) is 0 Å². The first-order valence-corrected chi connectivity index (χ1v) is 6.31. The third kappa shape index (κ3) is 5.47. The summed E-state index contributed by atoms with van der Waals surface area (Å²) in [6, 6.07) is 0.527. The van der Waals surface area contributed by atoms with Gasteiger partial charge in [-0.1, -0.05) is 27.2 Å². The Hall–Kier alpha value is -0.610. The second kappa shape index (κ2) is 8.53. The van der Waals surface area contributed by atoms with Gasteiger partial charge >= 0.3 is 0 Å². The highest BCUT2D eigenvalue weighted by Gasteiger charge is 2.18. The van der Waals surface area contributed by atoms with Gasteiger partial charge in [-0.3, -0.25) is 15.1 Å². The Morgan fingerprint density at radius 2 is 2.00 bits per heavy atom. The first-order valence-electron chi connectivity index (χ1n) is 6.31. The van der Waals surface area contributed by atoms with E-state index < -0.39 is 0 Å². The van der Waals surface area contributed by atoms with Crippen molar-refractivity contribution in [2.24, 2.45) is 11.8 Å². The smallest absolute Gasteiger partial charge is 0.237 e. The summed E-state index contributed by atoms with van der Waals surface area (Å²) in [7, 11) is 0. The molecule has 0 radical (unpaired) electrons. The van der Waals surface area contributed by atoms with Crippen molar-refractivity contribution < 1.29 is 4.79 Å². The number of rotatable bonds is 8. The second-order valence-electron chi connectivity index (χ2n) is 4.52. The molecule has 0 saturated carbocycles. The molecule has 4 nitrogen and oxygen atoms in total. The summed E-state index contributed by atoms with van der Waals surface area (Å²) >= 11 is 0. The topological polar surface area (TPSA) is 58.4 Å². The Morgan fingerprint density at radius 1 is 1.38 bits per heavy atom. The average molecular weight is 229 g/mol. The molecule has 0 rings (SSSR count). The van der Waals surface area contributed by atoms with E-state index in [2.05, 4.69) is 31.1 Å². The molecule has 0 aliphatic rings. The Bertz CT molecular complexity index is 197. The number of nitrogens with zero attached hydrogens (tertiary/aromatic N) is 1. The molecule has 4 heteroatoms.